The number of nitrogens with one attached hydrogen (secondary N) is 1. The molecule has 6 N–H and O–H groups in total. The number of hydrogen-bond acceptors (Lipinski definition) is 8. The highest BCUT2D eigenvalue weighted by atomic mass is 16.7. The van der Waals surface area contributed by atoms with E-state index in [2.05, 4.69) is 67.8 Å². The van der Waals surface area contributed by atoms with Gasteiger partial charge in [-0.2, -0.15) is 0 Å². The van der Waals surface area contributed by atoms with Crippen LogP contribution in [0.1, 0.15) is 206 Å². The predicted octanol–water partition coefficient (Wildman–Crippen LogP) is 11.2. The summed E-state index contributed by atoms with van der Waals surface area (Å²) in [4.78, 5) is 13.0. The highest BCUT2D eigenvalue weighted by Gasteiger charge is 2.44. The van der Waals surface area contributed by atoms with Gasteiger partial charge in [0.05, 0.1) is 25.4 Å². The number of rotatable bonds is 41. The van der Waals surface area contributed by atoms with Gasteiger partial charge < -0.3 is 40.3 Å². The van der Waals surface area contributed by atoms with Gasteiger partial charge in [-0.05, 0) is 70.6 Å². The van der Waals surface area contributed by atoms with E-state index in [1.54, 1.807) is 6.08 Å². The quantitative estimate of drug-likeness (QED) is 0.0263. The van der Waals surface area contributed by atoms with E-state index in [1.165, 1.54) is 135 Å². The number of hydrogen-bond donors (Lipinski definition) is 6. The number of carbonyl (C=O) groups is 1. The third kappa shape index (κ3) is 32.2. The van der Waals surface area contributed by atoms with Gasteiger partial charge in [-0.3, -0.25) is 4.79 Å². The van der Waals surface area contributed by atoms with Gasteiger partial charge in [0.15, 0.2) is 6.29 Å². The van der Waals surface area contributed by atoms with Gasteiger partial charge in [0, 0.05) is 6.42 Å². The van der Waals surface area contributed by atoms with E-state index in [1.807, 2.05) is 6.08 Å². The van der Waals surface area contributed by atoms with Gasteiger partial charge in [0.25, 0.3) is 0 Å². The predicted molar refractivity (Wildman–Crippen MR) is 253 cm³/mol. The number of allylic oxidation sites excluding steroid dienone is 9. The average molecular weight is 860 g/mol. The Morgan fingerprint density at radius 2 is 0.984 bits per heavy atom. The molecule has 0 aromatic heterocycles. The second kappa shape index (κ2) is 41.9. The van der Waals surface area contributed by atoms with Crippen LogP contribution in [-0.2, 0) is 14.3 Å². The van der Waals surface area contributed by atoms with Crippen LogP contribution in [0.25, 0.3) is 0 Å². The van der Waals surface area contributed by atoms with Crippen LogP contribution in [0.5, 0.6) is 0 Å². The van der Waals surface area contributed by atoms with Crippen molar-refractivity contribution < 1.29 is 39.8 Å². The molecule has 9 nitrogen and oxygen atoms in total. The van der Waals surface area contributed by atoms with Crippen molar-refractivity contribution in [1.29, 1.82) is 0 Å². The molecule has 9 heteroatoms. The summed E-state index contributed by atoms with van der Waals surface area (Å²) in [5, 5.41) is 54.2. The Morgan fingerprint density at radius 1 is 0.557 bits per heavy atom. The van der Waals surface area contributed by atoms with Gasteiger partial charge in [-0.15, -0.1) is 0 Å². The zero-order valence-electron chi connectivity index (χ0n) is 38.9. The van der Waals surface area contributed by atoms with Crippen LogP contribution in [-0.4, -0.2) is 87.5 Å². The summed E-state index contributed by atoms with van der Waals surface area (Å²) < 4.78 is 11.2. The van der Waals surface area contributed by atoms with E-state index in [-0.39, 0.29) is 12.5 Å². The molecule has 354 valence electrons. The molecule has 0 spiro atoms. The maximum absolute atomic E-state index is 13.0. The van der Waals surface area contributed by atoms with Crippen molar-refractivity contribution in [3.05, 3.63) is 60.8 Å². The lowest BCUT2D eigenvalue weighted by atomic mass is 9.99. The first kappa shape index (κ1) is 56.9. The van der Waals surface area contributed by atoms with E-state index in [9.17, 15) is 30.3 Å². The minimum Gasteiger partial charge on any atom is -0.394 e. The van der Waals surface area contributed by atoms with Crippen molar-refractivity contribution >= 4 is 5.91 Å². The Balaban J connectivity index is 2.28. The van der Waals surface area contributed by atoms with E-state index >= 15 is 0 Å². The Kier molecular flexibility index (Phi) is 39.1. The number of aliphatic hydroxyl groups excluding tert-OH is 5. The minimum atomic E-state index is -1.57. The number of ether oxygens (including phenoxy) is 2. The molecule has 1 heterocycles. The maximum Gasteiger partial charge on any atom is 0.220 e. The summed E-state index contributed by atoms with van der Waals surface area (Å²) >= 11 is 0. The summed E-state index contributed by atoms with van der Waals surface area (Å²) in [5.74, 6) is -0.194. The van der Waals surface area contributed by atoms with Crippen LogP contribution in [0, 0.1) is 0 Å². The average Bonchev–Trinajstić information content (AvgIpc) is 3.26. The molecule has 1 amide bonds. The van der Waals surface area contributed by atoms with Crippen molar-refractivity contribution in [3.8, 4) is 0 Å². The van der Waals surface area contributed by atoms with Gasteiger partial charge in [-0.1, -0.05) is 190 Å². The second-order valence-corrected chi connectivity index (χ2v) is 17.2. The van der Waals surface area contributed by atoms with Crippen LogP contribution in [0.4, 0.5) is 0 Å². The van der Waals surface area contributed by atoms with Crippen LogP contribution in [0.2, 0.25) is 0 Å². The Labute approximate surface area is 373 Å². The zero-order chi connectivity index (χ0) is 44.4. The smallest absolute Gasteiger partial charge is 0.220 e. The first-order chi connectivity index (χ1) is 29.8. The SMILES string of the molecule is CCCCCCC/C=C\C/C=C\C/C=C\CCCCCCCCCCCCC(=O)NC(COC1OC(CO)C(O)C(O)C1O)C(O)/C=C/CC/C=C/CCCCCCCCC. The fourth-order valence-electron chi connectivity index (χ4n) is 7.53. The van der Waals surface area contributed by atoms with Crippen molar-refractivity contribution in [2.24, 2.45) is 0 Å². The molecule has 7 unspecified atom stereocenters. The highest BCUT2D eigenvalue weighted by Crippen LogP contribution is 2.22. The fraction of sp³-hybridized carbons (Fsp3) is 0.788. The lowest BCUT2D eigenvalue weighted by Crippen LogP contribution is -2.60. The number of aliphatic hydroxyl groups is 5. The summed E-state index contributed by atoms with van der Waals surface area (Å²) in [6.07, 6.45) is 48.4. The van der Waals surface area contributed by atoms with Crippen molar-refractivity contribution in [3.63, 3.8) is 0 Å². The molecule has 1 fully saturated rings. The summed E-state index contributed by atoms with van der Waals surface area (Å²) in [6, 6.07) is -0.825. The summed E-state index contributed by atoms with van der Waals surface area (Å²) in [7, 11) is 0. The molecule has 0 aromatic rings. The molecule has 0 radical (unpaired) electrons. The normalized spacial score (nSPS) is 20.9. The molecule has 0 aliphatic carbocycles. The molecule has 1 aliphatic heterocycles. The fourth-order valence-corrected chi connectivity index (χ4v) is 7.53. The van der Waals surface area contributed by atoms with E-state index < -0.39 is 49.5 Å². The summed E-state index contributed by atoms with van der Waals surface area (Å²) in [5.41, 5.74) is 0. The maximum atomic E-state index is 13.0. The van der Waals surface area contributed by atoms with Gasteiger partial charge in [0.2, 0.25) is 5.91 Å². The lowest BCUT2D eigenvalue weighted by Gasteiger charge is -2.40. The van der Waals surface area contributed by atoms with Crippen LogP contribution >= 0.6 is 0 Å². The molecule has 61 heavy (non-hydrogen) atoms. The largest absolute Gasteiger partial charge is 0.394 e. The van der Waals surface area contributed by atoms with Crippen LogP contribution in [0.15, 0.2) is 60.8 Å². The first-order valence-electron chi connectivity index (χ1n) is 25.0. The molecule has 0 bridgehead atoms. The summed E-state index contributed by atoms with van der Waals surface area (Å²) in [6.45, 7) is 3.73. The van der Waals surface area contributed by atoms with E-state index in [0.717, 1.165) is 51.4 Å². The second-order valence-electron chi connectivity index (χ2n) is 17.2. The Hall–Kier alpha value is -2.11. The first-order valence-corrected chi connectivity index (χ1v) is 25.0. The Morgan fingerprint density at radius 3 is 1.49 bits per heavy atom. The van der Waals surface area contributed by atoms with E-state index in [4.69, 9.17) is 9.47 Å². The molecule has 0 aromatic carbocycles. The minimum absolute atomic E-state index is 0.194. The molecule has 1 saturated heterocycles. The lowest BCUT2D eigenvalue weighted by molar-refractivity contribution is -0.302. The number of unbranched alkanes of at least 4 members (excludes halogenated alkanes) is 23. The highest BCUT2D eigenvalue weighted by molar-refractivity contribution is 5.76. The molecule has 0 saturated carbocycles. The Bertz CT molecular complexity index is 1140. The topological polar surface area (TPSA) is 149 Å². The molecule has 7 atom stereocenters. The van der Waals surface area contributed by atoms with Crippen molar-refractivity contribution in [2.45, 2.75) is 249 Å². The van der Waals surface area contributed by atoms with E-state index in [0.29, 0.717) is 6.42 Å². The molecule has 1 rings (SSSR count). The van der Waals surface area contributed by atoms with Crippen molar-refractivity contribution in [2.75, 3.05) is 13.2 Å². The molecular formula is C52H93NO8. The third-order valence-corrected chi connectivity index (χ3v) is 11.6. The van der Waals surface area contributed by atoms with Gasteiger partial charge in [0.1, 0.15) is 24.4 Å². The number of amides is 1. The number of carbonyl (C=O) groups excluding carboxylic acids is 1. The molecular weight excluding hydrogens is 767 g/mol. The standard InChI is InChI=1S/C52H93NO8/c1-3-5-7-9-11-13-15-17-18-19-20-21-22-23-24-25-26-27-28-30-32-34-36-38-40-42-48(56)53-45(44-60-52-51(59)50(58)49(57)47(43-54)61-52)46(55)41-39-37-35-33-31-29-16-14-12-10-8-6-4-2/h15,17,19-20,22-23,31,33,39,41,45-47,49-52,54-55,57-59H,3-14,16,18,21,24-30,32,34-38,40,42-44H2,1-2H3,(H,53,56)/b17-15-,20-19-,23-22-,33-31+,41-39+. The van der Waals surface area contributed by atoms with Gasteiger partial charge in [-0.25, -0.2) is 0 Å². The monoisotopic (exact) mass is 860 g/mol. The van der Waals surface area contributed by atoms with Crippen LogP contribution in [0.3, 0.4) is 0 Å². The third-order valence-electron chi connectivity index (χ3n) is 11.6. The van der Waals surface area contributed by atoms with Gasteiger partial charge >= 0.3 is 0 Å². The zero-order valence-corrected chi connectivity index (χ0v) is 38.9. The van der Waals surface area contributed by atoms with Crippen LogP contribution < -0.4 is 5.32 Å². The molecule has 1 aliphatic rings. The van der Waals surface area contributed by atoms with Crippen molar-refractivity contribution in [1.82, 2.24) is 5.32 Å².